The first kappa shape index (κ1) is 24.1. The molecule has 0 aromatic heterocycles. The summed E-state index contributed by atoms with van der Waals surface area (Å²) in [7, 11) is 3.88. The van der Waals surface area contributed by atoms with Gasteiger partial charge in [-0.25, -0.2) is 0 Å². The van der Waals surface area contributed by atoms with Crippen LogP contribution in [-0.2, 0) is 25.6 Å². The molecule has 0 N–H and O–H groups in total. The van der Waals surface area contributed by atoms with Gasteiger partial charge in [0.2, 0.25) is 0 Å². The van der Waals surface area contributed by atoms with E-state index in [1.165, 1.54) is 0 Å². The zero-order chi connectivity index (χ0) is 19.3. The van der Waals surface area contributed by atoms with Gasteiger partial charge in [-0.3, -0.25) is 0 Å². The van der Waals surface area contributed by atoms with Crippen molar-refractivity contribution < 1.29 is 13.8 Å². The van der Waals surface area contributed by atoms with Crippen LogP contribution >= 0.6 is 34.7 Å². The normalized spacial score (nSPS) is 24.0. The maximum atomic E-state index is 6.29. The maximum absolute atomic E-state index is 6.29. The standard InChI is InChI=1S/C16H32NO3PS4Te/c1-5-16(6-2)13-19-21(23,20-14-16)25-26(11-9-18-10-12-26)24-15(22)17(7-3)8-4/h5-14H2,1-4H3. The van der Waals surface area contributed by atoms with Crippen molar-refractivity contribution >= 4 is 65.5 Å². The molecule has 0 saturated carbocycles. The summed E-state index contributed by atoms with van der Waals surface area (Å²) in [5.41, 5.74) is -2.14. The number of nitrogens with zero attached hydrogens (tertiary/aromatic N) is 1. The van der Waals surface area contributed by atoms with E-state index >= 15 is 0 Å². The van der Waals surface area contributed by atoms with Crippen molar-refractivity contribution in [1.29, 1.82) is 0 Å². The van der Waals surface area contributed by atoms with Gasteiger partial charge in [-0.05, 0) is 0 Å². The number of thiocarbonyl (C=S) groups is 1. The number of hydrogen-bond donors (Lipinski definition) is 0. The molecule has 2 fully saturated rings. The third-order valence-corrected chi connectivity index (χ3v) is 44.6. The van der Waals surface area contributed by atoms with Crippen molar-refractivity contribution in [2.75, 3.05) is 39.5 Å². The van der Waals surface area contributed by atoms with Crippen LogP contribution in [0.3, 0.4) is 0 Å². The van der Waals surface area contributed by atoms with Gasteiger partial charge < -0.3 is 0 Å². The molecule has 10 heteroatoms. The average molecular weight is 573 g/mol. The Balaban J connectivity index is 2.24. The van der Waals surface area contributed by atoms with Crippen molar-refractivity contribution in [3.63, 3.8) is 0 Å². The van der Waals surface area contributed by atoms with Crippen LogP contribution in [-0.4, -0.2) is 63.4 Å². The molecule has 0 aliphatic carbocycles. The summed E-state index contributed by atoms with van der Waals surface area (Å²) in [6.45, 7) is 13.8. The summed E-state index contributed by atoms with van der Waals surface area (Å²) in [6, 6.07) is 0. The zero-order valence-electron chi connectivity index (χ0n) is 16.2. The van der Waals surface area contributed by atoms with Crippen molar-refractivity contribution in [2.24, 2.45) is 5.41 Å². The molecule has 0 spiro atoms. The second-order valence-corrected chi connectivity index (χ2v) is 35.2. The van der Waals surface area contributed by atoms with E-state index in [0.29, 0.717) is 0 Å². The van der Waals surface area contributed by atoms with Gasteiger partial charge in [0.05, 0.1) is 0 Å². The fraction of sp³-hybridized carbons (Fsp3) is 0.938. The third kappa shape index (κ3) is 6.14. The molecule has 154 valence electrons. The van der Waals surface area contributed by atoms with E-state index in [0.717, 1.165) is 65.6 Å². The molecule has 0 radical (unpaired) electrons. The van der Waals surface area contributed by atoms with Crippen LogP contribution in [0, 0.1) is 5.41 Å². The SMILES string of the molecule is CCN(CC)C(=S)S#[Te]1(SP2(=S)OCC(CC)(CC)CO2)CCOCC1. The first-order valence-corrected chi connectivity index (χ1v) is 23.4. The molecule has 2 heterocycles. The Kier molecular flexibility index (Phi) is 9.90. The average Bonchev–Trinajstić information content (AvgIpc) is 2.64. The first-order valence-electron chi connectivity index (χ1n) is 9.30. The minimum absolute atomic E-state index is 0.142. The van der Waals surface area contributed by atoms with E-state index in [2.05, 4.69) is 32.6 Å². The predicted molar refractivity (Wildman–Crippen MR) is 126 cm³/mol. The van der Waals surface area contributed by atoms with Gasteiger partial charge in [-0.15, -0.1) is 0 Å². The summed E-state index contributed by atoms with van der Waals surface area (Å²) in [4.78, 5) is 2.28. The third-order valence-electron chi connectivity index (χ3n) is 5.11. The Hall–Kier alpha value is 1.78. The van der Waals surface area contributed by atoms with Crippen LogP contribution in [0.4, 0.5) is 0 Å². The van der Waals surface area contributed by atoms with Crippen LogP contribution < -0.4 is 0 Å². The second kappa shape index (κ2) is 10.7. The van der Waals surface area contributed by atoms with E-state index in [4.69, 9.17) is 37.8 Å². The van der Waals surface area contributed by atoms with E-state index in [1.807, 2.05) is 16.8 Å². The molecule has 0 atom stereocenters. The molecular formula is C16H32NO3PS4Te. The second-order valence-electron chi connectivity index (χ2n) is 6.56. The summed E-state index contributed by atoms with van der Waals surface area (Å²) in [5.74, 6) is 0. The zero-order valence-corrected chi connectivity index (χ0v) is 22.7. The summed E-state index contributed by atoms with van der Waals surface area (Å²) >= 11 is 9.24. The topological polar surface area (TPSA) is 30.9 Å². The summed E-state index contributed by atoms with van der Waals surface area (Å²) in [6.07, 6.45) is 2.15. The van der Waals surface area contributed by atoms with Crippen molar-refractivity contribution in [1.82, 2.24) is 4.90 Å². The van der Waals surface area contributed by atoms with Gasteiger partial charge in [0.15, 0.2) is 0 Å². The molecular weight excluding hydrogens is 541 g/mol. The van der Waals surface area contributed by atoms with E-state index in [9.17, 15) is 0 Å². The van der Waals surface area contributed by atoms with Crippen molar-refractivity contribution in [2.45, 2.75) is 49.5 Å². The van der Waals surface area contributed by atoms with Gasteiger partial charge in [0, 0.05) is 0 Å². The summed E-state index contributed by atoms with van der Waals surface area (Å²) < 4.78 is 21.5. The van der Waals surface area contributed by atoms with Crippen LogP contribution in [0.1, 0.15) is 40.5 Å². The Bertz CT molecular complexity index is 641. The molecule has 0 amide bonds. The van der Waals surface area contributed by atoms with Gasteiger partial charge >= 0.3 is 179 Å². The monoisotopic (exact) mass is 575 g/mol. The minimum atomic E-state index is -2.49. The van der Waals surface area contributed by atoms with Crippen molar-refractivity contribution in [3.8, 4) is 0 Å². The first-order chi connectivity index (χ1) is 12.4. The fourth-order valence-corrected chi connectivity index (χ4v) is 53.1. The number of ether oxygens (including phenoxy) is 1. The summed E-state index contributed by atoms with van der Waals surface area (Å²) in [5, 5.41) is 0. The van der Waals surface area contributed by atoms with E-state index in [1.54, 1.807) is 0 Å². The van der Waals surface area contributed by atoms with Crippen LogP contribution in [0.5, 0.6) is 0 Å². The van der Waals surface area contributed by atoms with E-state index in [-0.39, 0.29) is 5.41 Å². The van der Waals surface area contributed by atoms with Gasteiger partial charge in [-0.2, -0.15) is 0 Å². The number of rotatable bonds is 5. The van der Waals surface area contributed by atoms with E-state index < -0.39 is 20.3 Å². The molecule has 4 nitrogen and oxygen atoms in total. The Morgan fingerprint density at radius 3 is 2.08 bits per heavy atom. The molecule has 2 aliphatic rings. The molecule has 0 aromatic rings. The predicted octanol–water partition coefficient (Wildman–Crippen LogP) is 5.63. The molecule has 2 saturated heterocycles. The Morgan fingerprint density at radius 1 is 1.08 bits per heavy atom. The molecule has 26 heavy (non-hydrogen) atoms. The van der Waals surface area contributed by atoms with Gasteiger partial charge in [0.1, 0.15) is 0 Å². The molecule has 0 unspecified atom stereocenters. The fourth-order valence-electron chi connectivity index (χ4n) is 2.79. The van der Waals surface area contributed by atoms with Gasteiger partial charge in [0.25, 0.3) is 0 Å². The Morgan fingerprint density at radius 2 is 1.62 bits per heavy atom. The molecule has 2 rings (SSSR count). The molecule has 2 aliphatic heterocycles. The molecule has 0 aromatic carbocycles. The van der Waals surface area contributed by atoms with Crippen LogP contribution in [0.2, 0.25) is 8.94 Å². The number of hydrogen-bond acceptors (Lipinski definition) is 6. The Labute approximate surface area is 177 Å². The molecule has 0 bridgehead atoms. The van der Waals surface area contributed by atoms with Gasteiger partial charge in [-0.1, -0.05) is 0 Å². The van der Waals surface area contributed by atoms with Crippen LogP contribution in [0.15, 0.2) is 0 Å². The van der Waals surface area contributed by atoms with Crippen molar-refractivity contribution in [3.05, 3.63) is 0 Å². The quantitative estimate of drug-likeness (QED) is 0.240. The van der Waals surface area contributed by atoms with Crippen LogP contribution in [0.25, 0.3) is 0 Å².